The third-order valence-electron chi connectivity index (χ3n) is 3.33. The average molecular weight is 480 g/mol. The second kappa shape index (κ2) is 7.75. The maximum atomic E-state index is 6.34. The average Bonchev–Trinajstić information content (AvgIpc) is 2.56. The smallest absolute Gasteiger partial charge is 0.225 e. The van der Waals surface area contributed by atoms with Gasteiger partial charge in [0.2, 0.25) is 5.95 Å². The Hall–Kier alpha value is -1.93. The standard InChI is InChI=1S/C19H19ClIN5/c1-19(2,3)26-18-24-16(15-6-4-5-9-22-15)11-17(25-18)23-14-8-7-12(21)10-13(14)20/h4-11H,1-3H3,(H2,23,24,25,26). The Kier molecular flexibility index (Phi) is 5.62. The molecule has 0 bridgehead atoms. The highest BCUT2D eigenvalue weighted by molar-refractivity contribution is 14.1. The Morgan fingerprint density at radius 1 is 1.00 bits per heavy atom. The molecule has 0 unspecified atom stereocenters. The first-order valence-electron chi connectivity index (χ1n) is 8.11. The van der Waals surface area contributed by atoms with Gasteiger partial charge in [-0.15, -0.1) is 0 Å². The van der Waals surface area contributed by atoms with Crippen LogP contribution in [0.2, 0.25) is 5.02 Å². The zero-order valence-electron chi connectivity index (χ0n) is 14.7. The summed E-state index contributed by atoms with van der Waals surface area (Å²) >= 11 is 8.57. The van der Waals surface area contributed by atoms with Crippen molar-refractivity contribution in [3.8, 4) is 11.4 Å². The molecule has 1 aromatic carbocycles. The van der Waals surface area contributed by atoms with E-state index >= 15 is 0 Å². The van der Waals surface area contributed by atoms with Gasteiger partial charge < -0.3 is 10.6 Å². The third-order valence-corrected chi connectivity index (χ3v) is 4.32. The molecule has 0 saturated carbocycles. The lowest BCUT2D eigenvalue weighted by Gasteiger charge is -2.21. The molecule has 26 heavy (non-hydrogen) atoms. The molecular formula is C19H19ClIN5. The summed E-state index contributed by atoms with van der Waals surface area (Å²) in [5, 5.41) is 7.24. The Morgan fingerprint density at radius 2 is 1.81 bits per heavy atom. The van der Waals surface area contributed by atoms with Crippen molar-refractivity contribution >= 4 is 51.6 Å². The van der Waals surface area contributed by atoms with E-state index in [-0.39, 0.29) is 5.54 Å². The summed E-state index contributed by atoms with van der Waals surface area (Å²) in [6.07, 6.45) is 1.75. The van der Waals surface area contributed by atoms with E-state index in [4.69, 9.17) is 11.6 Å². The zero-order chi connectivity index (χ0) is 18.7. The molecule has 134 valence electrons. The van der Waals surface area contributed by atoms with Crippen LogP contribution in [0.4, 0.5) is 17.5 Å². The monoisotopic (exact) mass is 479 g/mol. The van der Waals surface area contributed by atoms with Crippen molar-refractivity contribution in [3.63, 3.8) is 0 Å². The van der Waals surface area contributed by atoms with Crippen LogP contribution in [0.1, 0.15) is 20.8 Å². The summed E-state index contributed by atoms with van der Waals surface area (Å²) in [6, 6.07) is 13.4. The normalized spacial score (nSPS) is 11.3. The van der Waals surface area contributed by atoms with Crippen LogP contribution in [0.5, 0.6) is 0 Å². The van der Waals surface area contributed by atoms with Gasteiger partial charge in [0, 0.05) is 21.4 Å². The van der Waals surface area contributed by atoms with Crippen LogP contribution in [-0.4, -0.2) is 20.5 Å². The first-order chi connectivity index (χ1) is 12.3. The number of benzene rings is 1. The molecule has 0 spiro atoms. The van der Waals surface area contributed by atoms with Gasteiger partial charge in [-0.1, -0.05) is 17.7 Å². The van der Waals surface area contributed by atoms with Crippen molar-refractivity contribution in [2.24, 2.45) is 0 Å². The molecule has 2 aromatic heterocycles. The largest absolute Gasteiger partial charge is 0.350 e. The van der Waals surface area contributed by atoms with Gasteiger partial charge in [0.05, 0.1) is 22.1 Å². The predicted molar refractivity (Wildman–Crippen MR) is 116 cm³/mol. The van der Waals surface area contributed by atoms with Crippen LogP contribution < -0.4 is 10.6 Å². The second-order valence-corrected chi connectivity index (χ2v) is 8.45. The number of anilines is 3. The van der Waals surface area contributed by atoms with Crippen molar-refractivity contribution < 1.29 is 0 Å². The summed E-state index contributed by atoms with van der Waals surface area (Å²) in [6.45, 7) is 6.19. The lowest BCUT2D eigenvalue weighted by Crippen LogP contribution is -2.27. The van der Waals surface area contributed by atoms with E-state index in [9.17, 15) is 0 Å². The molecule has 0 atom stereocenters. The summed E-state index contributed by atoms with van der Waals surface area (Å²) in [5.41, 5.74) is 2.14. The first-order valence-corrected chi connectivity index (χ1v) is 9.56. The Labute approximate surface area is 171 Å². The lowest BCUT2D eigenvalue weighted by atomic mass is 10.1. The van der Waals surface area contributed by atoms with E-state index in [1.54, 1.807) is 6.20 Å². The number of aromatic nitrogens is 3. The van der Waals surface area contributed by atoms with Crippen molar-refractivity contribution in [2.45, 2.75) is 26.3 Å². The van der Waals surface area contributed by atoms with Crippen molar-refractivity contribution in [2.75, 3.05) is 10.6 Å². The minimum absolute atomic E-state index is 0.166. The molecule has 0 fully saturated rings. The van der Waals surface area contributed by atoms with Crippen LogP contribution >= 0.6 is 34.2 Å². The maximum Gasteiger partial charge on any atom is 0.225 e. The van der Waals surface area contributed by atoms with Gasteiger partial charge in [-0.2, -0.15) is 4.98 Å². The molecule has 2 N–H and O–H groups in total. The van der Waals surface area contributed by atoms with E-state index in [0.29, 0.717) is 16.8 Å². The van der Waals surface area contributed by atoms with Gasteiger partial charge in [-0.05, 0) is 73.7 Å². The topological polar surface area (TPSA) is 62.7 Å². The minimum atomic E-state index is -0.166. The van der Waals surface area contributed by atoms with E-state index in [0.717, 1.165) is 20.6 Å². The van der Waals surface area contributed by atoms with Crippen molar-refractivity contribution in [1.82, 2.24) is 15.0 Å². The number of hydrogen-bond acceptors (Lipinski definition) is 5. The van der Waals surface area contributed by atoms with Crippen LogP contribution in [0.3, 0.4) is 0 Å². The molecule has 0 aliphatic carbocycles. The highest BCUT2D eigenvalue weighted by atomic mass is 127. The molecular weight excluding hydrogens is 461 g/mol. The van der Waals surface area contributed by atoms with E-state index in [1.807, 2.05) is 42.5 Å². The molecule has 0 aliphatic heterocycles. The molecule has 0 saturated heterocycles. The van der Waals surface area contributed by atoms with E-state index < -0.39 is 0 Å². The fraction of sp³-hybridized carbons (Fsp3) is 0.211. The molecule has 3 rings (SSSR count). The van der Waals surface area contributed by atoms with Crippen molar-refractivity contribution in [3.05, 3.63) is 57.3 Å². The van der Waals surface area contributed by atoms with Crippen molar-refractivity contribution in [1.29, 1.82) is 0 Å². The van der Waals surface area contributed by atoms with Gasteiger partial charge >= 0.3 is 0 Å². The number of hydrogen-bond donors (Lipinski definition) is 2. The predicted octanol–water partition coefficient (Wildman–Crippen LogP) is 5.75. The van der Waals surface area contributed by atoms with Crippen LogP contribution in [0, 0.1) is 3.57 Å². The molecule has 0 amide bonds. The first kappa shape index (κ1) is 18.8. The Morgan fingerprint density at radius 3 is 2.46 bits per heavy atom. The Bertz CT molecular complexity index is 910. The van der Waals surface area contributed by atoms with Crippen LogP contribution in [0.15, 0.2) is 48.7 Å². The van der Waals surface area contributed by atoms with E-state index in [2.05, 4.69) is 68.9 Å². The van der Waals surface area contributed by atoms with Gasteiger partial charge in [0.1, 0.15) is 5.82 Å². The van der Waals surface area contributed by atoms with Gasteiger partial charge in [-0.25, -0.2) is 4.98 Å². The second-order valence-electron chi connectivity index (χ2n) is 6.80. The SMILES string of the molecule is CC(C)(C)Nc1nc(Nc2ccc(I)cc2Cl)cc(-c2ccccn2)n1. The molecule has 2 heterocycles. The molecule has 0 radical (unpaired) electrons. The van der Waals surface area contributed by atoms with E-state index in [1.165, 1.54) is 0 Å². The molecule has 3 aromatic rings. The zero-order valence-corrected chi connectivity index (χ0v) is 17.6. The van der Waals surface area contributed by atoms with Gasteiger partial charge in [0.25, 0.3) is 0 Å². The number of pyridine rings is 1. The van der Waals surface area contributed by atoms with Gasteiger partial charge in [0.15, 0.2) is 0 Å². The quantitative estimate of drug-likeness (QED) is 0.467. The van der Waals surface area contributed by atoms with Crippen LogP contribution in [-0.2, 0) is 0 Å². The van der Waals surface area contributed by atoms with Gasteiger partial charge in [-0.3, -0.25) is 4.98 Å². The molecule has 7 heteroatoms. The van der Waals surface area contributed by atoms with Crippen LogP contribution in [0.25, 0.3) is 11.4 Å². The highest BCUT2D eigenvalue weighted by Crippen LogP contribution is 2.28. The molecule has 0 aliphatic rings. The summed E-state index contributed by atoms with van der Waals surface area (Å²) in [4.78, 5) is 13.6. The fourth-order valence-electron chi connectivity index (χ4n) is 2.28. The number of nitrogens with one attached hydrogen (secondary N) is 2. The Balaban J connectivity index is 2.01. The fourth-order valence-corrected chi connectivity index (χ4v) is 3.18. The molecule has 5 nitrogen and oxygen atoms in total. The number of halogens is 2. The minimum Gasteiger partial charge on any atom is -0.350 e. The lowest BCUT2D eigenvalue weighted by molar-refractivity contribution is 0.626. The summed E-state index contributed by atoms with van der Waals surface area (Å²) < 4.78 is 1.07. The maximum absolute atomic E-state index is 6.34. The number of rotatable bonds is 4. The number of nitrogens with zero attached hydrogens (tertiary/aromatic N) is 3. The third kappa shape index (κ3) is 5.04. The summed E-state index contributed by atoms with van der Waals surface area (Å²) in [7, 11) is 0. The summed E-state index contributed by atoms with van der Waals surface area (Å²) in [5.74, 6) is 1.18. The highest BCUT2D eigenvalue weighted by Gasteiger charge is 2.15.